The van der Waals surface area contributed by atoms with Crippen LogP contribution in [0.5, 0.6) is 0 Å². The van der Waals surface area contributed by atoms with Gasteiger partial charge in [-0.15, -0.1) is 0 Å². The topological polar surface area (TPSA) is 12.0 Å². The van der Waals surface area contributed by atoms with E-state index in [1.807, 2.05) is 6.07 Å². The van der Waals surface area contributed by atoms with E-state index in [1.54, 1.807) is 0 Å². The standard InChI is InChI=1S/C11H17NS/c1-2-6-11(13)12-9-10-7-4-3-5-8-10/h3-5,7-8,11-13H,2,6,9H2,1H3. The Balaban J connectivity index is 2.27. The summed E-state index contributed by atoms with van der Waals surface area (Å²) < 4.78 is 0. The molecule has 13 heavy (non-hydrogen) atoms. The number of benzene rings is 1. The number of hydrogen-bond donors (Lipinski definition) is 2. The molecule has 0 fully saturated rings. The summed E-state index contributed by atoms with van der Waals surface area (Å²) in [4.78, 5) is 0. The van der Waals surface area contributed by atoms with Crippen LogP contribution in [0.4, 0.5) is 0 Å². The monoisotopic (exact) mass is 195 g/mol. The van der Waals surface area contributed by atoms with Crippen molar-refractivity contribution in [1.82, 2.24) is 5.32 Å². The summed E-state index contributed by atoms with van der Waals surface area (Å²) >= 11 is 4.43. The van der Waals surface area contributed by atoms with E-state index in [0.717, 1.165) is 13.0 Å². The van der Waals surface area contributed by atoms with Gasteiger partial charge in [-0.3, -0.25) is 0 Å². The zero-order valence-electron chi connectivity index (χ0n) is 8.03. The van der Waals surface area contributed by atoms with E-state index in [9.17, 15) is 0 Å². The Morgan fingerprint density at radius 2 is 2.00 bits per heavy atom. The van der Waals surface area contributed by atoms with Crippen molar-refractivity contribution in [2.75, 3.05) is 0 Å². The number of thiol groups is 1. The smallest absolute Gasteiger partial charge is 0.0504 e. The SMILES string of the molecule is CCCC(S)NCc1ccccc1. The molecule has 72 valence electrons. The van der Waals surface area contributed by atoms with Crippen molar-refractivity contribution in [1.29, 1.82) is 0 Å². The maximum absolute atomic E-state index is 4.43. The molecular weight excluding hydrogens is 178 g/mol. The average molecular weight is 195 g/mol. The molecule has 1 aromatic rings. The quantitative estimate of drug-likeness (QED) is 0.544. The molecule has 0 aliphatic rings. The molecule has 1 N–H and O–H groups in total. The van der Waals surface area contributed by atoms with E-state index in [2.05, 4.69) is 49.1 Å². The van der Waals surface area contributed by atoms with Gasteiger partial charge in [-0.05, 0) is 12.0 Å². The molecule has 0 spiro atoms. The molecule has 1 unspecified atom stereocenters. The third-order valence-electron chi connectivity index (χ3n) is 1.95. The summed E-state index contributed by atoms with van der Waals surface area (Å²) in [7, 11) is 0. The normalized spacial score (nSPS) is 12.8. The second kappa shape index (κ2) is 6.06. The summed E-state index contributed by atoms with van der Waals surface area (Å²) in [6.45, 7) is 3.09. The van der Waals surface area contributed by atoms with Gasteiger partial charge in [-0.1, -0.05) is 43.7 Å². The Hall–Kier alpha value is -0.470. The minimum Gasteiger partial charge on any atom is -0.301 e. The highest BCUT2D eigenvalue weighted by molar-refractivity contribution is 7.80. The van der Waals surface area contributed by atoms with Crippen LogP contribution in [-0.2, 0) is 6.54 Å². The molecule has 0 aromatic heterocycles. The highest BCUT2D eigenvalue weighted by Gasteiger charge is 1.99. The van der Waals surface area contributed by atoms with Gasteiger partial charge in [0.2, 0.25) is 0 Å². The molecule has 0 saturated heterocycles. The van der Waals surface area contributed by atoms with E-state index in [1.165, 1.54) is 12.0 Å². The van der Waals surface area contributed by atoms with Crippen molar-refractivity contribution in [3.63, 3.8) is 0 Å². The van der Waals surface area contributed by atoms with Crippen molar-refractivity contribution in [2.45, 2.75) is 31.7 Å². The molecule has 0 amide bonds. The first kappa shape index (κ1) is 10.6. The fraction of sp³-hybridized carbons (Fsp3) is 0.455. The lowest BCUT2D eigenvalue weighted by Gasteiger charge is -2.11. The van der Waals surface area contributed by atoms with Gasteiger partial charge in [0.1, 0.15) is 0 Å². The van der Waals surface area contributed by atoms with Gasteiger partial charge >= 0.3 is 0 Å². The van der Waals surface area contributed by atoms with E-state index >= 15 is 0 Å². The Labute approximate surface area is 86.0 Å². The van der Waals surface area contributed by atoms with E-state index in [-0.39, 0.29) is 0 Å². The average Bonchev–Trinajstić information content (AvgIpc) is 2.17. The van der Waals surface area contributed by atoms with E-state index in [4.69, 9.17) is 0 Å². The fourth-order valence-electron chi connectivity index (χ4n) is 1.21. The predicted octanol–water partition coefficient (Wildman–Crippen LogP) is 2.83. The van der Waals surface area contributed by atoms with Gasteiger partial charge in [-0.2, -0.15) is 12.6 Å². The Bertz CT molecular complexity index is 223. The summed E-state index contributed by atoms with van der Waals surface area (Å²) in [6, 6.07) is 10.4. The Morgan fingerprint density at radius 1 is 1.31 bits per heavy atom. The van der Waals surface area contributed by atoms with Crippen LogP contribution in [0.3, 0.4) is 0 Å². The Morgan fingerprint density at radius 3 is 2.62 bits per heavy atom. The maximum Gasteiger partial charge on any atom is 0.0504 e. The third kappa shape index (κ3) is 4.34. The molecule has 2 heteroatoms. The van der Waals surface area contributed by atoms with Crippen molar-refractivity contribution in [3.05, 3.63) is 35.9 Å². The molecule has 0 saturated carbocycles. The highest BCUT2D eigenvalue weighted by Crippen LogP contribution is 2.03. The van der Waals surface area contributed by atoms with Gasteiger partial charge in [0.15, 0.2) is 0 Å². The van der Waals surface area contributed by atoms with Gasteiger partial charge in [0, 0.05) is 6.54 Å². The van der Waals surface area contributed by atoms with E-state index < -0.39 is 0 Å². The Kier molecular flexibility index (Phi) is 4.94. The zero-order chi connectivity index (χ0) is 9.52. The van der Waals surface area contributed by atoms with Crippen LogP contribution in [0.15, 0.2) is 30.3 Å². The zero-order valence-corrected chi connectivity index (χ0v) is 8.93. The van der Waals surface area contributed by atoms with Crippen LogP contribution in [0, 0.1) is 0 Å². The van der Waals surface area contributed by atoms with Crippen LogP contribution in [0.2, 0.25) is 0 Å². The molecule has 0 aliphatic heterocycles. The van der Waals surface area contributed by atoms with E-state index in [0.29, 0.717) is 5.37 Å². The number of rotatable bonds is 5. The third-order valence-corrected chi connectivity index (χ3v) is 2.39. The predicted molar refractivity (Wildman–Crippen MR) is 61.0 cm³/mol. The lowest BCUT2D eigenvalue weighted by atomic mass is 10.2. The lowest BCUT2D eigenvalue weighted by Crippen LogP contribution is -2.22. The molecule has 0 radical (unpaired) electrons. The minimum atomic E-state index is 0.324. The molecular formula is C11H17NS. The lowest BCUT2D eigenvalue weighted by molar-refractivity contribution is 0.605. The summed E-state index contributed by atoms with van der Waals surface area (Å²) in [6.07, 6.45) is 2.30. The van der Waals surface area contributed by atoms with Crippen LogP contribution in [-0.4, -0.2) is 5.37 Å². The number of hydrogen-bond acceptors (Lipinski definition) is 2. The van der Waals surface area contributed by atoms with Gasteiger partial charge in [-0.25, -0.2) is 0 Å². The van der Waals surface area contributed by atoms with Crippen LogP contribution < -0.4 is 5.32 Å². The van der Waals surface area contributed by atoms with Gasteiger partial charge in [0.05, 0.1) is 5.37 Å². The molecule has 1 rings (SSSR count). The van der Waals surface area contributed by atoms with Crippen molar-refractivity contribution in [2.24, 2.45) is 0 Å². The fourth-order valence-corrected chi connectivity index (χ4v) is 1.56. The van der Waals surface area contributed by atoms with Gasteiger partial charge < -0.3 is 5.32 Å². The maximum atomic E-state index is 4.43. The molecule has 0 aliphatic carbocycles. The summed E-state index contributed by atoms with van der Waals surface area (Å²) in [5.74, 6) is 0. The van der Waals surface area contributed by atoms with Crippen LogP contribution in [0.1, 0.15) is 25.3 Å². The molecule has 1 aromatic carbocycles. The summed E-state index contributed by atoms with van der Waals surface area (Å²) in [5.41, 5.74) is 1.32. The first-order valence-electron chi connectivity index (χ1n) is 4.78. The highest BCUT2D eigenvalue weighted by atomic mass is 32.1. The van der Waals surface area contributed by atoms with Crippen molar-refractivity contribution >= 4 is 12.6 Å². The van der Waals surface area contributed by atoms with Crippen molar-refractivity contribution < 1.29 is 0 Å². The largest absolute Gasteiger partial charge is 0.301 e. The second-order valence-electron chi connectivity index (χ2n) is 3.17. The van der Waals surface area contributed by atoms with Crippen LogP contribution >= 0.6 is 12.6 Å². The first-order valence-corrected chi connectivity index (χ1v) is 5.30. The number of nitrogens with one attached hydrogen (secondary N) is 1. The molecule has 0 heterocycles. The van der Waals surface area contributed by atoms with Crippen LogP contribution in [0.25, 0.3) is 0 Å². The first-order chi connectivity index (χ1) is 6.33. The molecule has 1 atom stereocenters. The molecule has 1 nitrogen and oxygen atoms in total. The molecule has 0 bridgehead atoms. The van der Waals surface area contributed by atoms with Crippen molar-refractivity contribution in [3.8, 4) is 0 Å². The summed E-state index contributed by atoms with van der Waals surface area (Å²) in [5, 5.41) is 3.69. The minimum absolute atomic E-state index is 0.324. The second-order valence-corrected chi connectivity index (χ2v) is 3.79. The van der Waals surface area contributed by atoms with Gasteiger partial charge in [0.25, 0.3) is 0 Å².